The smallest absolute Gasteiger partial charge is 0.299 e. The summed E-state index contributed by atoms with van der Waals surface area (Å²) in [4.78, 5) is 0. The van der Waals surface area contributed by atoms with Gasteiger partial charge in [0, 0.05) is 12.1 Å². The summed E-state index contributed by atoms with van der Waals surface area (Å²) in [6.45, 7) is 6.01. The fourth-order valence-electron chi connectivity index (χ4n) is 1.66. The zero-order chi connectivity index (χ0) is 15.9. The molecule has 6 heteroatoms. The fourth-order valence-corrected chi connectivity index (χ4v) is 2.78. The minimum absolute atomic E-state index is 0.199. The van der Waals surface area contributed by atoms with Gasteiger partial charge in [-0.2, -0.15) is 13.1 Å². The van der Waals surface area contributed by atoms with Gasteiger partial charge in [-0.1, -0.05) is 32.6 Å². The van der Waals surface area contributed by atoms with E-state index in [4.69, 9.17) is 5.11 Å². The number of aliphatic hydroxyl groups excluding tert-OH is 1. The molecule has 1 rings (SSSR count). The molecule has 0 aliphatic carbocycles. The van der Waals surface area contributed by atoms with Crippen LogP contribution in [0.5, 0.6) is 0 Å². The zero-order valence-corrected chi connectivity index (χ0v) is 13.4. The Bertz CT molecular complexity index is 628. The topological polar surface area (TPSA) is 78.4 Å². The molecule has 0 heterocycles. The van der Waals surface area contributed by atoms with Crippen molar-refractivity contribution in [1.82, 2.24) is 4.72 Å². The van der Waals surface area contributed by atoms with Crippen molar-refractivity contribution in [2.45, 2.75) is 27.2 Å². The van der Waals surface area contributed by atoms with E-state index in [-0.39, 0.29) is 12.5 Å². The molecule has 1 aromatic rings. The number of hydrogen-bond donors (Lipinski definition) is 3. The van der Waals surface area contributed by atoms with E-state index in [0.717, 1.165) is 11.1 Å². The number of rotatable bonds is 6. The normalized spacial score (nSPS) is 11.1. The van der Waals surface area contributed by atoms with Gasteiger partial charge in [-0.3, -0.25) is 4.72 Å². The van der Waals surface area contributed by atoms with Crippen LogP contribution in [0.4, 0.5) is 5.69 Å². The first-order valence-corrected chi connectivity index (χ1v) is 8.36. The molecule has 0 atom stereocenters. The Balaban J connectivity index is 2.93. The van der Waals surface area contributed by atoms with Crippen molar-refractivity contribution >= 4 is 15.9 Å². The molecule has 21 heavy (non-hydrogen) atoms. The third-order valence-electron chi connectivity index (χ3n) is 2.72. The molecule has 0 aliphatic heterocycles. The van der Waals surface area contributed by atoms with Crippen LogP contribution in [0.2, 0.25) is 0 Å². The second-order valence-corrected chi connectivity index (χ2v) is 6.53. The Labute approximate surface area is 127 Å². The van der Waals surface area contributed by atoms with Gasteiger partial charge in [0.05, 0.1) is 5.69 Å². The van der Waals surface area contributed by atoms with Gasteiger partial charge in [0.2, 0.25) is 0 Å². The average Bonchev–Trinajstić information content (AvgIpc) is 2.44. The Morgan fingerprint density at radius 1 is 1.33 bits per heavy atom. The summed E-state index contributed by atoms with van der Waals surface area (Å²) in [5.41, 5.74) is 2.15. The predicted octanol–water partition coefficient (Wildman–Crippen LogP) is 1.50. The lowest BCUT2D eigenvalue weighted by Gasteiger charge is -2.14. The second kappa shape index (κ2) is 8.03. The van der Waals surface area contributed by atoms with Crippen LogP contribution in [-0.2, 0) is 16.6 Å². The molecule has 0 saturated carbocycles. The summed E-state index contributed by atoms with van der Waals surface area (Å²) in [5, 5.41) is 8.69. The first-order valence-electron chi connectivity index (χ1n) is 6.88. The number of aryl methyl sites for hydroxylation is 1. The molecule has 0 saturated heterocycles. The van der Waals surface area contributed by atoms with Crippen LogP contribution in [0.15, 0.2) is 18.2 Å². The van der Waals surface area contributed by atoms with Crippen LogP contribution < -0.4 is 9.44 Å². The molecule has 116 valence electrons. The zero-order valence-electron chi connectivity index (χ0n) is 12.6. The molecule has 0 aromatic heterocycles. The summed E-state index contributed by atoms with van der Waals surface area (Å²) in [5.74, 6) is 5.62. The Morgan fingerprint density at radius 2 is 2.05 bits per heavy atom. The first kappa shape index (κ1) is 17.5. The third kappa shape index (κ3) is 6.17. The van der Waals surface area contributed by atoms with Crippen LogP contribution in [0.25, 0.3) is 0 Å². The summed E-state index contributed by atoms with van der Waals surface area (Å²) in [6.07, 6.45) is 0.677. The van der Waals surface area contributed by atoms with Crippen molar-refractivity contribution in [3.63, 3.8) is 0 Å². The number of anilines is 1. The van der Waals surface area contributed by atoms with Crippen LogP contribution in [0.1, 0.15) is 31.9 Å². The summed E-state index contributed by atoms with van der Waals surface area (Å²) >= 11 is 0. The van der Waals surface area contributed by atoms with Crippen LogP contribution in [0.3, 0.4) is 0 Å². The third-order valence-corrected chi connectivity index (χ3v) is 3.76. The van der Waals surface area contributed by atoms with Gasteiger partial charge < -0.3 is 5.11 Å². The maximum Gasteiger partial charge on any atom is 0.299 e. The van der Waals surface area contributed by atoms with E-state index in [1.54, 1.807) is 12.1 Å². The molecular weight excluding hydrogens is 288 g/mol. The van der Waals surface area contributed by atoms with Crippen molar-refractivity contribution in [1.29, 1.82) is 0 Å². The molecule has 1 aromatic carbocycles. The lowest BCUT2D eigenvalue weighted by molar-refractivity contribution is 0.350. The highest BCUT2D eigenvalue weighted by Crippen LogP contribution is 2.19. The molecular formula is C15H22N2O3S. The van der Waals surface area contributed by atoms with Gasteiger partial charge >= 0.3 is 0 Å². The molecule has 0 bridgehead atoms. The minimum atomic E-state index is -3.57. The molecule has 0 fully saturated rings. The van der Waals surface area contributed by atoms with Gasteiger partial charge in [0.1, 0.15) is 6.61 Å². The van der Waals surface area contributed by atoms with Crippen molar-refractivity contribution < 1.29 is 13.5 Å². The van der Waals surface area contributed by atoms with Crippen LogP contribution in [-0.4, -0.2) is 26.7 Å². The summed E-state index contributed by atoms with van der Waals surface area (Å²) in [7, 11) is -3.57. The number of aliphatic hydroxyl groups is 1. The van der Waals surface area contributed by atoms with E-state index >= 15 is 0 Å². The molecule has 3 N–H and O–H groups in total. The highest BCUT2D eigenvalue weighted by atomic mass is 32.2. The molecule has 0 aliphatic rings. The predicted molar refractivity (Wildman–Crippen MR) is 85.2 cm³/mol. The molecule has 5 nitrogen and oxygen atoms in total. The van der Waals surface area contributed by atoms with Crippen LogP contribution >= 0.6 is 0 Å². The Morgan fingerprint density at radius 3 is 2.62 bits per heavy atom. The van der Waals surface area contributed by atoms with Crippen molar-refractivity contribution in [2.75, 3.05) is 17.9 Å². The molecule has 0 unspecified atom stereocenters. The van der Waals surface area contributed by atoms with E-state index in [9.17, 15) is 8.42 Å². The van der Waals surface area contributed by atoms with Crippen LogP contribution in [0, 0.1) is 17.8 Å². The van der Waals surface area contributed by atoms with Gasteiger partial charge in [-0.25, -0.2) is 0 Å². The number of nitrogens with one attached hydrogen (secondary N) is 2. The SMILES string of the molecule is CCc1cc(C#CCO)ccc1NS(=O)(=O)NCC(C)C. The average molecular weight is 310 g/mol. The van der Waals surface area contributed by atoms with Crippen molar-refractivity contribution in [3.8, 4) is 11.8 Å². The van der Waals surface area contributed by atoms with Gasteiger partial charge in [-0.05, 0) is 36.1 Å². The lowest BCUT2D eigenvalue weighted by atomic mass is 10.1. The maximum atomic E-state index is 11.9. The van der Waals surface area contributed by atoms with E-state index in [1.807, 2.05) is 26.8 Å². The van der Waals surface area contributed by atoms with Crippen molar-refractivity contribution in [3.05, 3.63) is 29.3 Å². The highest BCUT2D eigenvalue weighted by Gasteiger charge is 2.12. The van der Waals surface area contributed by atoms with Gasteiger partial charge in [-0.15, -0.1) is 0 Å². The number of hydrogen-bond acceptors (Lipinski definition) is 3. The first-order chi connectivity index (χ1) is 9.88. The second-order valence-electron chi connectivity index (χ2n) is 5.03. The standard InChI is InChI=1S/C15H22N2O3S/c1-4-14-10-13(6-5-9-18)7-8-15(14)17-21(19,20)16-11-12(2)3/h7-8,10,12,16-18H,4,9,11H2,1-3H3. The Hall–Kier alpha value is -1.55. The Kier molecular flexibility index (Phi) is 6.69. The highest BCUT2D eigenvalue weighted by molar-refractivity contribution is 7.90. The summed E-state index contributed by atoms with van der Waals surface area (Å²) in [6, 6.07) is 5.24. The van der Waals surface area contributed by atoms with E-state index in [0.29, 0.717) is 18.7 Å². The molecule has 0 radical (unpaired) electrons. The van der Waals surface area contributed by atoms with Gasteiger partial charge in [0.25, 0.3) is 10.2 Å². The van der Waals surface area contributed by atoms with Crippen molar-refractivity contribution in [2.24, 2.45) is 5.92 Å². The largest absolute Gasteiger partial charge is 0.384 e. The monoisotopic (exact) mass is 310 g/mol. The van der Waals surface area contributed by atoms with E-state index in [2.05, 4.69) is 21.3 Å². The van der Waals surface area contributed by atoms with E-state index < -0.39 is 10.2 Å². The number of benzene rings is 1. The minimum Gasteiger partial charge on any atom is -0.384 e. The fraction of sp³-hybridized carbons (Fsp3) is 0.467. The quantitative estimate of drug-likeness (QED) is 0.697. The van der Waals surface area contributed by atoms with Gasteiger partial charge in [0.15, 0.2) is 0 Å². The molecule has 0 spiro atoms. The maximum absolute atomic E-state index is 11.9. The molecule has 0 amide bonds. The lowest BCUT2D eigenvalue weighted by Crippen LogP contribution is -2.33. The van der Waals surface area contributed by atoms with E-state index in [1.165, 1.54) is 0 Å². The summed E-state index contributed by atoms with van der Waals surface area (Å²) < 4.78 is 28.9.